The molecule has 3 rings (SSSR count). The number of aromatic hydroxyl groups is 2. The molecule has 0 radical (unpaired) electrons. The summed E-state index contributed by atoms with van der Waals surface area (Å²) in [6.45, 7) is 0.312. The van der Waals surface area contributed by atoms with Crippen LogP contribution in [0.2, 0.25) is 0 Å². The highest BCUT2D eigenvalue weighted by atomic mass is 32.2. The molecule has 0 heterocycles. The van der Waals surface area contributed by atoms with Crippen molar-refractivity contribution in [3.8, 4) is 11.5 Å². The van der Waals surface area contributed by atoms with E-state index in [1.54, 1.807) is 24.3 Å². The zero-order chi connectivity index (χ0) is 19.6. The van der Waals surface area contributed by atoms with Crippen molar-refractivity contribution in [1.82, 2.24) is 5.32 Å². The predicted molar refractivity (Wildman–Crippen MR) is 99.6 cm³/mol. The van der Waals surface area contributed by atoms with Gasteiger partial charge in [-0.1, -0.05) is 18.2 Å². The maximum absolute atomic E-state index is 12.4. The van der Waals surface area contributed by atoms with Crippen molar-refractivity contribution in [3.63, 3.8) is 0 Å². The van der Waals surface area contributed by atoms with Gasteiger partial charge >= 0.3 is 0 Å². The summed E-state index contributed by atoms with van der Waals surface area (Å²) in [4.78, 5) is 12.1. The Hall–Kier alpha value is -3.10. The third kappa shape index (κ3) is 4.36. The van der Waals surface area contributed by atoms with Gasteiger partial charge in [0.15, 0.2) is 0 Å². The lowest BCUT2D eigenvalue weighted by molar-refractivity contribution is 0.0951. The summed E-state index contributed by atoms with van der Waals surface area (Å²) in [6, 6.07) is 13.2. The van der Waals surface area contributed by atoms with Crippen LogP contribution in [-0.2, 0) is 16.5 Å². The van der Waals surface area contributed by atoms with Crippen molar-refractivity contribution < 1.29 is 28.0 Å². The molecule has 0 spiro atoms. The second-order valence-corrected chi connectivity index (χ2v) is 7.45. The number of amides is 1. The zero-order valence-electron chi connectivity index (χ0n) is 14.1. The van der Waals surface area contributed by atoms with Crippen LogP contribution in [0.3, 0.4) is 0 Å². The molecule has 140 valence electrons. The number of carbonyl (C=O) groups excluding carboxylic acids is 1. The number of phenolic OH excluding ortho intramolecular Hbond substituents is 2. The minimum absolute atomic E-state index is 0.000642. The Morgan fingerprint density at radius 3 is 2.30 bits per heavy atom. The maximum Gasteiger partial charge on any atom is 0.294 e. The molecule has 0 aliphatic carbocycles. The third-order valence-corrected chi connectivity index (χ3v) is 4.95. The molecule has 0 saturated heterocycles. The second-order valence-electron chi connectivity index (χ2n) is 6.03. The van der Waals surface area contributed by atoms with Crippen LogP contribution in [0.1, 0.15) is 15.9 Å². The first kappa shape index (κ1) is 18.7. The van der Waals surface area contributed by atoms with Crippen LogP contribution in [0.25, 0.3) is 10.8 Å². The quantitative estimate of drug-likeness (QED) is 0.499. The van der Waals surface area contributed by atoms with Gasteiger partial charge in [0.1, 0.15) is 11.5 Å². The average Bonchev–Trinajstić information content (AvgIpc) is 2.61. The van der Waals surface area contributed by atoms with Gasteiger partial charge in [-0.15, -0.1) is 0 Å². The Labute approximate surface area is 155 Å². The number of hydrogen-bond acceptors (Lipinski definition) is 5. The van der Waals surface area contributed by atoms with E-state index in [9.17, 15) is 23.4 Å². The standard InChI is InChI=1S/C19H17NO6S/c21-15-4-1-12(2-5-15)7-8-20-19(23)17-10-14-9-16(27(24,25)26)6-3-13(14)11-18(17)22/h1-6,9-11,21-22H,7-8H2,(H,20,23)(H,24,25,26). The Morgan fingerprint density at radius 1 is 0.926 bits per heavy atom. The highest BCUT2D eigenvalue weighted by Crippen LogP contribution is 2.27. The van der Waals surface area contributed by atoms with Crippen LogP contribution in [0.4, 0.5) is 0 Å². The largest absolute Gasteiger partial charge is 0.508 e. The van der Waals surface area contributed by atoms with Gasteiger partial charge in [0.2, 0.25) is 0 Å². The molecule has 1 amide bonds. The van der Waals surface area contributed by atoms with Gasteiger partial charge < -0.3 is 15.5 Å². The summed E-state index contributed by atoms with van der Waals surface area (Å²) in [7, 11) is -4.37. The molecule has 3 aromatic carbocycles. The summed E-state index contributed by atoms with van der Waals surface area (Å²) in [5, 5.41) is 23.0. The van der Waals surface area contributed by atoms with Gasteiger partial charge in [0, 0.05) is 6.54 Å². The maximum atomic E-state index is 12.4. The van der Waals surface area contributed by atoms with Crippen molar-refractivity contribution in [2.24, 2.45) is 0 Å². The van der Waals surface area contributed by atoms with E-state index in [0.717, 1.165) is 5.56 Å². The van der Waals surface area contributed by atoms with Crippen LogP contribution < -0.4 is 5.32 Å². The summed E-state index contributed by atoms with van der Waals surface area (Å²) in [5.74, 6) is -0.581. The van der Waals surface area contributed by atoms with E-state index in [2.05, 4.69) is 5.32 Å². The Balaban J connectivity index is 1.78. The van der Waals surface area contributed by atoms with Crippen LogP contribution >= 0.6 is 0 Å². The molecule has 4 N–H and O–H groups in total. The van der Waals surface area contributed by atoms with Crippen LogP contribution in [0.15, 0.2) is 59.5 Å². The lowest BCUT2D eigenvalue weighted by Crippen LogP contribution is -2.25. The smallest absolute Gasteiger partial charge is 0.294 e. The van der Waals surface area contributed by atoms with Crippen molar-refractivity contribution in [2.45, 2.75) is 11.3 Å². The van der Waals surface area contributed by atoms with E-state index in [4.69, 9.17) is 4.55 Å². The SMILES string of the molecule is O=C(NCCc1ccc(O)cc1)c1cc2cc(S(=O)(=O)O)ccc2cc1O. The molecule has 27 heavy (non-hydrogen) atoms. The van der Waals surface area contributed by atoms with E-state index in [-0.39, 0.29) is 22.0 Å². The fourth-order valence-electron chi connectivity index (χ4n) is 2.68. The second kappa shape index (κ2) is 7.26. The molecule has 8 heteroatoms. The van der Waals surface area contributed by atoms with Gasteiger partial charge in [0.25, 0.3) is 16.0 Å². The van der Waals surface area contributed by atoms with Gasteiger partial charge in [0.05, 0.1) is 10.5 Å². The van der Waals surface area contributed by atoms with Crippen molar-refractivity contribution in [3.05, 3.63) is 65.7 Å². The summed E-state index contributed by atoms with van der Waals surface area (Å²) >= 11 is 0. The number of benzene rings is 3. The number of rotatable bonds is 5. The number of nitrogens with one attached hydrogen (secondary N) is 1. The van der Waals surface area contributed by atoms with Crippen LogP contribution in [-0.4, -0.2) is 35.6 Å². The number of hydrogen-bond donors (Lipinski definition) is 4. The van der Waals surface area contributed by atoms with Crippen molar-refractivity contribution in [2.75, 3.05) is 6.54 Å². The van der Waals surface area contributed by atoms with E-state index < -0.39 is 16.0 Å². The summed E-state index contributed by atoms with van der Waals surface area (Å²) in [5.41, 5.74) is 0.925. The molecular formula is C19H17NO6S. The average molecular weight is 387 g/mol. The molecule has 3 aromatic rings. The first-order valence-corrected chi connectivity index (χ1v) is 9.48. The monoisotopic (exact) mass is 387 g/mol. The topological polar surface area (TPSA) is 124 Å². The molecule has 0 aromatic heterocycles. The fourth-order valence-corrected chi connectivity index (χ4v) is 3.20. The summed E-state index contributed by atoms with van der Waals surface area (Å²) in [6.07, 6.45) is 0.535. The van der Waals surface area contributed by atoms with E-state index in [1.165, 1.54) is 30.3 Å². The fraction of sp³-hybridized carbons (Fsp3) is 0.105. The van der Waals surface area contributed by atoms with E-state index in [1.807, 2.05) is 0 Å². The molecule has 0 aliphatic heterocycles. The minimum Gasteiger partial charge on any atom is -0.508 e. The Bertz CT molecular complexity index is 1110. The van der Waals surface area contributed by atoms with Crippen LogP contribution in [0.5, 0.6) is 11.5 Å². The highest BCUT2D eigenvalue weighted by Gasteiger charge is 2.15. The Morgan fingerprint density at radius 2 is 1.63 bits per heavy atom. The highest BCUT2D eigenvalue weighted by molar-refractivity contribution is 7.85. The summed E-state index contributed by atoms with van der Waals surface area (Å²) < 4.78 is 31.7. The lowest BCUT2D eigenvalue weighted by Gasteiger charge is -2.09. The van der Waals surface area contributed by atoms with Gasteiger partial charge in [-0.3, -0.25) is 9.35 Å². The number of carbonyl (C=O) groups is 1. The molecule has 0 saturated carbocycles. The van der Waals surface area contributed by atoms with E-state index in [0.29, 0.717) is 23.7 Å². The first-order valence-electron chi connectivity index (χ1n) is 8.04. The van der Waals surface area contributed by atoms with Crippen LogP contribution in [0, 0.1) is 0 Å². The molecule has 0 bridgehead atoms. The van der Waals surface area contributed by atoms with Gasteiger partial charge in [-0.2, -0.15) is 8.42 Å². The molecule has 0 fully saturated rings. The molecule has 0 atom stereocenters. The lowest BCUT2D eigenvalue weighted by atomic mass is 10.1. The minimum atomic E-state index is -4.37. The van der Waals surface area contributed by atoms with Gasteiger partial charge in [-0.05, 0) is 59.2 Å². The molecular weight excluding hydrogens is 370 g/mol. The number of phenols is 2. The normalized spacial score (nSPS) is 11.4. The zero-order valence-corrected chi connectivity index (χ0v) is 14.9. The van der Waals surface area contributed by atoms with Gasteiger partial charge in [-0.25, -0.2) is 0 Å². The third-order valence-electron chi connectivity index (χ3n) is 4.10. The molecule has 0 unspecified atom stereocenters. The predicted octanol–water partition coefficient (Wildman–Crippen LogP) is 2.47. The van der Waals surface area contributed by atoms with Crippen molar-refractivity contribution in [1.29, 1.82) is 0 Å². The first-order chi connectivity index (χ1) is 12.7. The Kier molecular flexibility index (Phi) is 5.02. The van der Waals surface area contributed by atoms with E-state index >= 15 is 0 Å². The number of fused-ring (bicyclic) bond motifs is 1. The molecule has 7 nitrogen and oxygen atoms in total. The van der Waals surface area contributed by atoms with Crippen molar-refractivity contribution >= 4 is 26.8 Å². The molecule has 0 aliphatic rings.